The summed E-state index contributed by atoms with van der Waals surface area (Å²) in [5.41, 5.74) is 6.30. The number of H-pyrrole nitrogens is 1. The van der Waals surface area contributed by atoms with Gasteiger partial charge in [-0.25, -0.2) is 0 Å². The molecule has 0 radical (unpaired) electrons. The van der Waals surface area contributed by atoms with Crippen LogP contribution in [0.3, 0.4) is 0 Å². The van der Waals surface area contributed by atoms with E-state index in [1.165, 1.54) is 33.3 Å². The van der Waals surface area contributed by atoms with E-state index in [-0.39, 0.29) is 0 Å². The van der Waals surface area contributed by atoms with Gasteiger partial charge in [0.05, 0.1) is 6.07 Å². The summed E-state index contributed by atoms with van der Waals surface area (Å²) in [6.07, 6.45) is 1.39. The van der Waals surface area contributed by atoms with Crippen LogP contribution in [0.5, 0.6) is 0 Å². The Kier molecular flexibility index (Phi) is 2.70. The normalized spacial score (nSPS) is 10.6. The number of benzene rings is 1. The van der Waals surface area contributed by atoms with Gasteiger partial charge in [0, 0.05) is 29.4 Å². The average molecular weight is 212 g/mol. The summed E-state index contributed by atoms with van der Waals surface area (Å²) in [6.45, 7) is 6.39. The molecule has 0 unspecified atom stereocenters. The minimum atomic E-state index is 0.575. The number of aromatic amines is 1. The Bertz CT molecular complexity index is 570. The minimum absolute atomic E-state index is 0.575. The van der Waals surface area contributed by atoms with E-state index in [1.807, 2.05) is 0 Å². The topological polar surface area (TPSA) is 39.6 Å². The third-order valence-corrected chi connectivity index (χ3v) is 3.21. The van der Waals surface area contributed by atoms with Gasteiger partial charge in [-0.1, -0.05) is 12.1 Å². The van der Waals surface area contributed by atoms with Crippen LogP contribution in [0, 0.1) is 32.1 Å². The number of hydrogen-bond donors (Lipinski definition) is 1. The van der Waals surface area contributed by atoms with Gasteiger partial charge in [0.15, 0.2) is 0 Å². The zero-order chi connectivity index (χ0) is 11.7. The molecule has 2 rings (SSSR count). The summed E-state index contributed by atoms with van der Waals surface area (Å²) in [6, 6.07) is 6.50. The Morgan fingerprint density at radius 3 is 2.50 bits per heavy atom. The summed E-state index contributed by atoms with van der Waals surface area (Å²) in [7, 11) is 0. The van der Waals surface area contributed by atoms with E-state index in [4.69, 9.17) is 5.26 Å². The predicted molar refractivity (Wildman–Crippen MR) is 66.4 cm³/mol. The van der Waals surface area contributed by atoms with Crippen molar-refractivity contribution in [2.24, 2.45) is 0 Å². The van der Waals surface area contributed by atoms with Crippen molar-refractivity contribution in [3.05, 3.63) is 34.5 Å². The summed E-state index contributed by atoms with van der Waals surface area (Å²) < 4.78 is 0. The number of hydrogen-bond acceptors (Lipinski definition) is 1. The summed E-state index contributed by atoms with van der Waals surface area (Å²) in [4.78, 5) is 3.46. The lowest BCUT2D eigenvalue weighted by atomic mass is 10.0. The molecule has 2 aromatic rings. The van der Waals surface area contributed by atoms with Gasteiger partial charge in [-0.15, -0.1) is 0 Å². The highest BCUT2D eigenvalue weighted by atomic mass is 14.7. The molecule has 0 fully saturated rings. The lowest BCUT2D eigenvalue weighted by molar-refractivity contribution is 0.960. The molecule has 0 bridgehead atoms. The second-order valence-corrected chi connectivity index (χ2v) is 4.34. The maximum absolute atomic E-state index is 8.64. The smallest absolute Gasteiger partial charge is 0.0625 e. The van der Waals surface area contributed by atoms with Crippen LogP contribution in [0.15, 0.2) is 12.1 Å². The van der Waals surface area contributed by atoms with E-state index in [9.17, 15) is 0 Å². The van der Waals surface area contributed by atoms with Crippen LogP contribution in [0.4, 0.5) is 0 Å². The second-order valence-electron chi connectivity index (χ2n) is 4.34. The molecule has 2 heteroatoms. The number of rotatable bonds is 2. The van der Waals surface area contributed by atoms with Crippen molar-refractivity contribution < 1.29 is 0 Å². The average Bonchev–Trinajstić information content (AvgIpc) is 2.60. The first-order valence-corrected chi connectivity index (χ1v) is 5.59. The Hall–Kier alpha value is -1.75. The third-order valence-electron chi connectivity index (χ3n) is 3.21. The van der Waals surface area contributed by atoms with Crippen LogP contribution in [-0.4, -0.2) is 4.98 Å². The monoisotopic (exact) mass is 212 g/mol. The molecule has 0 saturated heterocycles. The standard InChI is InChI=1S/C14H16N2/c1-9-6-7-10(2)14-13(9)11(3)12(16-14)5-4-8-15/h6-7,16H,4-5H2,1-3H3. The maximum Gasteiger partial charge on any atom is 0.0625 e. The number of nitrogens with one attached hydrogen (secondary N) is 1. The molecule has 1 N–H and O–H groups in total. The lowest BCUT2D eigenvalue weighted by Crippen LogP contribution is -1.86. The van der Waals surface area contributed by atoms with Crippen molar-refractivity contribution in [1.29, 1.82) is 5.26 Å². The molecular formula is C14H16N2. The Morgan fingerprint density at radius 2 is 1.88 bits per heavy atom. The maximum atomic E-state index is 8.64. The summed E-state index contributed by atoms with van der Waals surface area (Å²) >= 11 is 0. The highest BCUT2D eigenvalue weighted by Gasteiger charge is 2.10. The van der Waals surface area contributed by atoms with Gasteiger partial charge < -0.3 is 4.98 Å². The van der Waals surface area contributed by atoms with E-state index >= 15 is 0 Å². The molecule has 0 aliphatic rings. The zero-order valence-electron chi connectivity index (χ0n) is 10.0. The Balaban J connectivity index is 2.64. The molecule has 1 aromatic carbocycles. The molecule has 1 aromatic heterocycles. The van der Waals surface area contributed by atoms with E-state index in [1.54, 1.807) is 0 Å². The van der Waals surface area contributed by atoms with Crippen molar-refractivity contribution in [1.82, 2.24) is 4.98 Å². The molecule has 0 aliphatic carbocycles. The highest BCUT2D eigenvalue weighted by Crippen LogP contribution is 2.28. The quantitative estimate of drug-likeness (QED) is 0.812. The summed E-state index contributed by atoms with van der Waals surface area (Å²) in [5.74, 6) is 0. The van der Waals surface area contributed by atoms with Gasteiger partial charge in [-0.3, -0.25) is 0 Å². The van der Waals surface area contributed by atoms with E-state index in [2.05, 4.69) is 44.0 Å². The molecule has 2 nitrogen and oxygen atoms in total. The Morgan fingerprint density at radius 1 is 1.19 bits per heavy atom. The highest BCUT2D eigenvalue weighted by molar-refractivity contribution is 5.89. The first-order valence-electron chi connectivity index (χ1n) is 5.59. The van der Waals surface area contributed by atoms with Gasteiger partial charge in [-0.2, -0.15) is 5.26 Å². The number of aromatic nitrogens is 1. The van der Waals surface area contributed by atoms with Crippen molar-refractivity contribution in [3.63, 3.8) is 0 Å². The fraction of sp³-hybridized carbons (Fsp3) is 0.357. The number of nitriles is 1. The molecule has 0 aliphatic heterocycles. The Labute approximate surface area is 95.9 Å². The van der Waals surface area contributed by atoms with E-state index < -0.39 is 0 Å². The van der Waals surface area contributed by atoms with Gasteiger partial charge in [0.25, 0.3) is 0 Å². The van der Waals surface area contributed by atoms with Crippen molar-refractivity contribution in [2.45, 2.75) is 33.6 Å². The fourth-order valence-electron chi connectivity index (χ4n) is 2.28. The molecule has 1 heterocycles. The fourth-order valence-corrected chi connectivity index (χ4v) is 2.28. The van der Waals surface area contributed by atoms with Crippen LogP contribution in [0.25, 0.3) is 10.9 Å². The molecule has 82 valence electrons. The SMILES string of the molecule is Cc1ccc(C)c2c(C)c(CCC#N)[nH]c12. The predicted octanol–water partition coefficient (Wildman–Crippen LogP) is 3.55. The molecular weight excluding hydrogens is 196 g/mol. The van der Waals surface area contributed by atoms with Gasteiger partial charge in [0.1, 0.15) is 0 Å². The first-order chi connectivity index (χ1) is 7.65. The van der Waals surface area contributed by atoms with Crippen LogP contribution >= 0.6 is 0 Å². The van der Waals surface area contributed by atoms with Crippen molar-refractivity contribution in [2.75, 3.05) is 0 Å². The summed E-state index contributed by atoms with van der Waals surface area (Å²) in [5, 5.41) is 9.97. The molecule has 0 saturated carbocycles. The van der Waals surface area contributed by atoms with Crippen LogP contribution < -0.4 is 0 Å². The first kappa shape index (κ1) is 10.8. The van der Waals surface area contributed by atoms with Crippen LogP contribution in [-0.2, 0) is 6.42 Å². The third kappa shape index (κ3) is 1.59. The number of aryl methyl sites for hydroxylation is 4. The van der Waals surface area contributed by atoms with Crippen LogP contribution in [0.2, 0.25) is 0 Å². The molecule has 0 atom stereocenters. The zero-order valence-corrected chi connectivity index (χ0v) is 10.0. The number of nitrogens with zero attached hydrogens (tertiary/aromatic N) is 1. The minimum Gasteiger partial charge on any atom is -0.358 e. The second kappa shape index (κ2) is 4.02. The van der Waals surface area contributed by atoms with Crippen LogP contribution in [0.1, 0.15) is 28.8 Å². The lowest BCUT2D eigenvalue weighted by Gasteiger charge is -2.00. The largest absolute Gasteiger partial charge is 0.358 e. The van der Waals surface area contributed by atoms with E-state index in [0.717, 1.165) is 6.42 Å². The van der Waals surface area contributed by atoms with Gasteiger partial charge in [-0.05, 0) is 37.5 Å². The van der Waals surface area contributed by atoms with Gasteiger partial charge in [0.2, 0.25) is 0 Å². The van der Waals surface area contributed by atoms with Crippen molar-refractivity contribution in [3.8, 4) is 6.07 Å². The molecule has 16 heavy (non-hydrogen) atoms. The number of fused-ring (bicyclic) bond motifs is 1. The molecule has 0 spiro atoms. The van der Waals surface area contributed by atoms with Gasteiger partial charge >= 0.3 is 0 Å². The van der Waals surface area contributed by atoms with Crippen molar-refractivity contribution >= 4 is 10.9 Å². The van der Waals surface area contributed by atoms with E-state index in [0.29, 0.717) is 6.42 Å². The molecule has 0 amide bonds.